The SMILES string of the molecule is Cn1cnc(N)c1S(=O)(=O)N(CCC#N)Cc1ccco1. The van der Waals surface area contributed by atoms with Crippen molar-refractivity contribution in [3.05, 3.63) is 30.5 Å². The van der Waals surface area contributed by atoms with Crippen LogP contribution in [-0.4, -0.2) is 28.8 Å². The van der Waals surface area contributed by atoms with Crippen molar-refractivity contribution in [2.75, 3.05) is 12.3 Å². The summed E-state index contributed by atoms with van der Waals surface area (Å²) in [6.07, 6.45) is 2.86. The molecule has 0 amide bonds. The average Bonchev–Trinajstić information content (AvgIpc) is 3.04. The number of furan rings is 1. The fourth-order valence-electron chi connectivity index (χ4n) is 1.91. The number of hydrogen-bond donors (Lipinski definition) is 1. The van der Waals surface area contributed by atoms with Gasteiger partial charge >= 0.3 is 0 Å². The predicted molar refractivity (Wildman–Crippen MR) is 74.2 cm³/mol. The second kappa shape index (κ2) is 5.99. The Morgan fingerprint density at radius 3 is 2.86 bits per heavy atom. The number of nitrogens with zero attached hydrogens (tertiary/aromatic N) is 4. The first kappa shape index (κ1) is 15.1. The maximum atomic E-state index is 12.7. The highest BCUT2D eigenvalue weighted by atomic mass is 32.2. The van der Waals surface area contributed by atoms with Crippen LogP contribution in [-0.2, 0) is 23.6 Å². The van der Waals surface area contributed by atoms with Crippen LogP contribution < -0.4 is 5.73 Å². The molecule has 0 unspecified atom stereocenters. The van der Waals surface area contributed by atoms with Gasteiger partial charge in [-0.1, -0.05) is 0 Å². The lowest BCUT2D eigenvalue weighted by Crippen LogP contribution is -2.33. The topological polar surface area (TPSA) is 118 Å². The highest BCUT2D eigenvalue weighted by Gasteiger charge is 2.30. The molecule has 0 aliphatic carbocycles. The van der Waals surface area contributed by atoms with Crippen molar-refractivity contribution in [2.24, 2.45) is 7.05 Å². The highest BCUT2D eigenvalue weighted by molar-refractivity contribution is 7.89. The summed E-state index contributed by atoms with van der Waals surface area (Å²) < 4.78 is 33.1. The Kier molecular flexibility index (Phi) is 4.30. The van der Waals surface area contributed by atoms with Gasteiger partial charge < -0.3 is 14.7 Å². The number of sulfonamides is 1. The molecule has 21 heavy (non-hydrogen) atoms. The third-order valence-corrected chi connectivity index (χ3v) is 4.86. The van der Waals surface area contributed by atoms with Gasteiger partial charge in [0.2, 0.25) is 0 Å². The van der Waals surface area contributed by atoms with Crippen molar-refractivity contribution in [2.45, 2.75) is 18.0 Å². The summed E-state index contributed by atoms with van der Waals surface area (Å²) in [4.78, 5) is 3.79. The van der Waals surface area contributed by atoms with Crippen molar-refractivity contribution in [3.63, 3.8) is 0 Å². The van der Waals surface area contributed by atoms with Crippen molar-refractivity contribution in [3.8, 4) is 6.07 Å². The first-order chi connectivity index (χ1) is 9.96. The van der Waals surface area contributed by atoms with Gasteiger partial charge in [-0.05, 0) is 12.1 Å². The molecule has 0 saturated carbocycles. The van der Waals surface area contributed by atoms with Crippen LogP contribution in [0, 0.1) is 11.3 Å². The quantitative estimate of drug-likeness (QED) is 0.839. The summed E-state index contributed by atoms with van der Waals surface area (Å²) in [5.41, 5.74) is 5.64. The summed E-state index contributed by atoms with van der Waals surface area (Å²) in [7, 11) is -2.32. The summed E-state index contributed by atoms with van der Waals surface area (Å²) in [5, 5.41) is 8.62. The molecular weight excluding hydrogens is 294 g/mol. The monoisotopic (exact) mass is 309 g/mol. The Morgan fingerprint density at radius 1 is 1.57 bits per heavy atom. The van der Waals surface area contributed by atoms with E-state index in [1.165, 1.54) is 17.2 Å². The minimum atomic E-state index is -3.87. The molecule has 0 aliphatic rings. The van der Waals surface area contributed by atoms with E-state index in [-0.39, 0.29) is 30.4 Å². The molecule has 0 fully saturated rings. The van der Waals surface area contributed by atoms with Crippen LogP contribution in [0.25, 0.3) is 0 Å². The van der Waals surface area contributed by atoms with Crippen LogP contribution in [0.3, 0.4) is 0 Å². The van der Waals surface area contributed by atoms with E-state index < -0.39 is 10.0 Å². The molecule has 0 aliphatic heterocycles. The molecular formula is C12H15N5O3S. The fraction of sp³-hybridized carbons (Fsp3) is 0.333. The van der Waals surface area contributed by atoms with Crippen molar-refractivity contribution >= 4 is 15.8 Å². The van der Waals surface area contributed by atoms with Crippen LogP contribution in [0.4, 0.5) is 5.82 Å². The Hall–Kier alpha value is -2.31. The van der Waals surface area contributed by atoms with Gasteiger partial charge in [-0.2, -0.15) is 9.57 Å². The van der Waals surface area contributed by atoms with Gasteiger partial charge in [-0.3, -0.25) is 0 Å². The highest BCUT2D eigenvalue weighted by Crippen LogP contribution is 2.22. The number of nitriles is 1. The molecule has 0 aromatic carbocycles. The number of nitrogens with two attached hydrogens (primary N) is 1. The van der Waals surface area contributed by atoms with E-state index in [1.54, 1.807) is 19.2 Å². The molecule has 112 valence electrons. The van der Waals surface area contributed by atoms with Gasteiger partial charge in [0.05, 0.1) is 25.2 Å². The number of hydrogen-bond acceptors (Lipinski definition) is 6. The number of aryl methyl sites for hydroxylation is 1. The van der Waals surface area contributed by atoms with Gasteiger partial charge in [0.15, 0.2) is 10.8 Å². The molecule has 2 aromatic rings. The lowest BCUT2D eigenvalue weighted by molar-refractivity contribution is 0.366. The summed E-state index contributed by atoms with van der Waals surface area (Å²) in [6, 6.07) is 5.27. The zero-order valence-corrected chi connectivity index (χ0v) is 12.2. The van der Waals surface area contributed by atoms with Gasteiger partial charge in [-0.25, -0.2) is 13.4 Å². The van der Waals surface area contributed by atoms with E-state index in [0.29, 0.717) is 5.76 Å². The van der Waals surface area contributed by atoms with E-state index in [1.807, 2.05) is 6.07 Å². The molecule has 0 saturated heterocycles. The normalized spacial score (nSPS) is 11.7. The van der Waals surface area contributed by atoms with Gasteiger partial charge in [0, 0.05) is 20.0 Å². The largest absolute Gasteiger partial charge is 0.468 e. The molecule has 2 N–H and O–H groups in total. The third kappa shape index (κ3) is 3.07. The molecule has 2 rings (SSSR count). The van der Waals surface area contributed by atoms with Crippen molar-refractivity contribution in [1.29, 1.82) is 5.26 Å². The maximum absolute atomic E-state index is 12.7. The molecule has 2 aromatic heterocycles. The van der Waals surface area contributed by atoms with Gasteiger partial charge in [0.25, 0.3) is 10.0 Å². The van der Waals surface area contributed by atoms with Crippen LogP contribution in [0.1, 0.15) is 12.2 Å². The maximum Gasteiger partial charge on any atom is 0.262 e. The number of rotatable bonds is 6. The predicted octanol–water partition coefficient (Wildman–Crippen LogP) is 0.700. The van der Waals surface area contributed by atoms with Crippen LogP contribution in [0.2, 0.25) is 0 Å². The standard InChI is InChI=1S/C12H15N5O3S/c1-16-9-15-11(14)12(16)21(18,19)17(6-3-5-13)8-10-4-2-7-20-10/h2,4,7,9H,3,6,8,14H2,1H3. The zero-order valence-electron chi connectivity index (χ0n) is 11.4. The average molecular weight is 309 g/mol. The second-order valence-corrected chi connectivity index (χ2v) is 6.23. The van der Waals surface area contributed by atoms with Gasteiger partial charge in [0.1, 0.15) is 5.76 Å². The summed E-state index contributed by atoms with van der Waals surface area (Å²) in [5.74, 6) is 0.413. The Balaban J connectivity index is 2.37. The molecule has 0 radical (unpaired) electrons. The van der Waals surface area contributed by atoms with E-state index in [2.05, 4.69) is 4.98 Å². The van der Waals surface area contributed by atoms with E-state index >= 15 is 0 Å². The Morgan fingerprint density at radius 2 is 2.33 bits per heavy atom. The second-order valence-electron chi connectivity index (χ2n) is 4.37. The van der Waals surface area contributed by atoms with Crippen molar-refractivity contribution < 1.29 is 12.8 Å². The molecule has 9 heteroatoms. The van der Waals surface area contributed by atoms with E-state index in [0.717, 1.165) is 4.31 Å². The molecule has 0 atom stereocenters. The molecule has 2 heterocycles. The zero-order chi connectivity index (χ0) is 15.5. The number of aromatic nitrogens is 2. The lowest BCUT2D eigenvalue weighted by Gasteiger charge is -2.20. The van der Waals surface area contributed by atoms with Gasteiger partial charge in [-0.15, -0.1) is 0 Å². The summed E-state index contributed by atoms with van der Waals surface area (Å²) in [6.45, 7) is 0.0752. The Labute approximate surface area is 122 Å². The van der Waals surface area contributed by atoms with Crippen LogP contribution >= 0.6 is 0 Å². The molecule has 0 bridgehead atoms. The number of imidazole rings is 1. The molecule has 0 spiro atoms. The minimum Gasteiger partial charge on any atom is -0.468 e. The lowest BCUT2D eigenvalue weighted by atomic mass is 10.4. The minimum absolute atomic E-state index is 0.0294. The summed E-state index contributed by atoms with van der Waals surface area (Å²) >= 11 is 0. The Bertz CT molecular complexity index is 723. The third-order valence-electron chi connectivity index (χ3n) is 2.88. The smallest absolute Gasteiger partial charge is 0.262 e. The number of anilines is 1. The number of nitrogen functional groups attached to an aromatic ring is 1. The first-order valence-corrected chi connectivity index (χ1v) is 7.57. The van der Waals surface area contributed by atoms with Crippen LogP contribution in [0.5, 0.6) is 0 Å². The van der Waals surface area contributed by atoms with E-state index in [9.17, 15) is 8.42 Å². The van der Waals surface area contributed by atoms with E-state index in [4.69, 9.17) is 15.4 Å². The molecule has 8 nitrogen and oxygen atoms in total. The fourth-order valence-corrected chi connectivity index (χ4v) is 3.51. The van der Waals surface area contributed by atoms with Crippen molar-refractivity contribution in [1.82, 2.24) is 13.9 Å². The first-order valence-electron chi connectivity index (χ1n) is 6.13. The van der Waals surface area contributed by atoms with Crippen LogP contribution in [0.15, 0.2) is 34.2 Å².